The summed E-state index contributed by atoms with van der Waals surface area (Å²) >= 11 is 0. The normalized spacial score (nSPS) is 10.5. The zero-order valence-corrected chi connectivity index (χ0v) is 12.7. The number of esters is 1. The van der Waals surface area contributed by atoms with Crippen molar-refractivity contribution in [1.29, 1.82) is 0 Å². The highest BCUT2D eigenvalue weighted by atomic mass is 16.5. The number of aromatic nitrogens is 2. The van der Waals surface area contributed by atoms with Crippen molar-refractivity contribution >= 4 is 28.6 Å². The molecule has 23 heavy (non-hydrogen) atoms. The highest BCUT2D eigenvalue weighted by Gasteiger charge is 2.12. The van der Waals surface area contributed by atoms with Crippen molar-refractivity contribution in [3.05, 3.63) is 59.8 Å². The van der Waals surface area contributed by atoms with E-state index in [0.29, 0.717) is 11.3 Å². The zero-order chi connectivity index (χ0) is 16.4. The third-order valence-corrected chi connectivity index (χ3v) is 3.58. The van der Waals surface area contributed by atoms with E-state index in [4.69, 9.17) is 0 Å². The molecule has 0 spiro atoms. The van der Waals surface area contributed by atoms with Gasteiger partial charge in [-0.1, -0.05) is 12.1 Å². The van der Waals surface area contributed by atoms with Gasteiger partial charge in [0.1, 0.15) is 0 Å². The monoisotopic (exact) mass is 309 g/mol. The lowest BCUT2D eigenvalue weighted by molar-refractivity contribution is 0.0601. The van der Waals surface area contributed by atoms with Gasteiger partial charge in [0, 0.05) is 11.1 Å². The Labute approximate surface area is 132 Å². The van der Waals surface area contributed by atoms with Crippen LogP contribution in [0.25, 0.3) is 10.9 Å². The molecule has 0 saturated carbocycles. The number of rotatable bonds is 2. The number of benzene rings is 2. The number of aryl methyl sites for hydroxylation is 1. The topological polar surface area (TPSA) is 73.2 Å². The highest BCUT2D eigenvalue weighted by Crippen LogP contribution is 2.18. The molecule has 0 atom stereocenters. The van der Waals surface area contributed by atoms with Crippen LogP contribution in [0.3, 0.4) is 0 Å². The van der Waals surface area contributed by atoms with E-state index in [1.165, 1.54) is 11.8 Å². The summed E-state index contributed by atoms with van der Waals surface area (Å²) in [6.45, 7) is 1.97. The molecule has 6 heteroatoms. The number of fused-ring (bicyclic) bond motifs is 1. The number of anilines is 1. The van der Waals surface area contributed by atoms with Crippen LogP contribution in [-0.2, 0) is 4.74 Å². The molecule has 1 N–H and O–H groups in total. The summed E-state index contributed by atoms with van der Waals surface area (Å²) in [5, 5.41) is 7.83. The SMILES string of the molecule is COC(=O)c1ccc(NC(=O)n2ncc3c(C)cccc32)cc1. The minimum atomic E-state index is -0.420. The maximum absolute atomic E-state index is 12.4. The number of hydrogen-bond donors (Lipinski definition) is 1. The van der Waals surface area contributed by atoms with Gasteiger partial charge in [-0.05, 0) is 42.8 Å². The van der Waals surface area contributed by atoms with E-state index in [-0.39, 0.29) is 6.03 Å². The third kappa shape index (κ3) is 2.78. The first-order valence-corrected chi connectivity index (χ1v) is 7.03. The Balaban J connectivity index is 1.83. The van der Waals surface area contributed by atoms with Gasteiger partial charge in [-0.25, -0.2) is 9.59 Å². The molecule has 2 aromatic carbocycles. The van der Waals surface area contributed by atoms with Crippen molar-refractivity contribution in [3.8, 4) is 0 Å². The minimum Gasteiger partial charge on any atom is -0.465 e. The predicted molar refractivity (Wildman–Crippen MR) is 86.7 cm³/mol. The van der Waals surface area contributed by atoms with Crippen molar-refractivity contribution < 1.29 is 14.3 Å². The first kappa shape index (κ1) is 14.8. The van der Waals surface area contributed by atoms with Gasteiger partial charge in [0.15, 0.2) is 0 Å². The molecule has 1 heterocycles. The number of nitrogens with one attached hydrogen (secondary N) is 1. The van der Waals surface area contributed by atoms with Crippen LogP contribution in [0.2, 0.25) is 0 Å². The van der Waals surface area contributed by atoms with Crippen LogP contribution < -0.4 is 5.32 Å². The molecule has 0 fully saturated rings. The summed E-state index contributed by atoms with van der Waals surface area (Å²) < 4.78 is 5.95. The van der Waals surface area contributed by atoms with Crippen LogP contribution >= 0.6 is 0 Å². The van der Waals surface area contributed by atoms with Crippen LogP contribution in [0.4, 0.5) is 10.5 Å². The molecule has 1 aromatic heterocycles. The van der Waals surface area contributed by atoms with Crippen molar-refractivity contribution in [2.75, 3.05) is 12.4 Å². The van der Waals surface area contributed by atoms with Gasteiger partial charge in [0.05, 0.1) is 24.4 Å². The van der Waals surface area contributed by atoms with Crippen molar-refractivity contribution in [2.45, 2.75) is 6.92 Å². The highest BCUT2D eigenvalue weighted by molar-refractivity contribution is 5.98. The van der Waals surface area contributed by atoms with Crippen molar-refractivity contribution in [3.63, 3.8) is 0 Å². The smallest absolute Gasteiger partial charge is 0.347 e. The molecule has 3 rings (SSSR count). The molecule has 116 valence electrons. The summed E-state index contributed by atoms with van der Waals surface area (Å²) in [7, 11) is 1.32. The average molecular weight is 309 g/mol. The Morgan fingerprint density at radius 2 is 1.87 bits per heavy atom. The molecular formula is C17H15N3O3. The van der Waals surface area contributed by atoms with Gasteiger partial charge in [0.2, 0.25) is 0 Å². The van der Waals surface area contributed by atoms with E-state index in [9.17, 15) is 9.59 Å². The second-order valence-electron chi connectivity index (χ2n) is 5.06. The molecule has 0 saturated heterocycles. The largest absolute Gasteiger partial charge is 0.465 e. The Morgan fingerprint density at radius 3 is 2.57 bits per heavy atom. The fourth-order valence-corrected chi connectivity index (χ4v) is 2.34. The molecule has 0 unspecified atom stereocenters. The van der Waals surface area contributed by atoms with E-state index in [1.807, 2.05) is 25.1 Å². The fourth-order valence-electron chi connectivity index (χ4n) is 2.34. The van der Waals surface area contributed by atoms with Gasteiger partial charge in [0.25, 0.3) is 0 Å². The minimum absolute atomic E-state index is 0.364. The van der Waals surface area contributed by atoms with E-state index in [1.54, 1.807) is 30.5 Å². The first-order chi connectivity index (χ1) is 11.1. The molecule has 0 aliphatic carbocycles. The Morgan fingerprint density at radius 1 is 1.13 bits per heavy atom. The third-order valence-electron chi connectivity index (χ3n) is 3.58. The van der Waals surface area contributed by atoms with Gasteiger partial charge in [-0.15, -0.1) is 0 Å². The summed E-state index contributed by atoms with van der Waals surface area (Å²) in [6.07, 6.45) is 1.67. The van der Waals surface area contributed by atoms with Crippen LogP contribution in [0, 0.1) is 6.92 Å². The second kappa shape index (κ2) is 5.92. The summed E-state index contributed by atoms with van der Waals surface area (Å²) in [5.74, 6) is -0.420. The number of amides is 1. The quantitative estimate of drug-likeness (QED) is 0.738. The van der Waals surface area contributed by atoms with Crippen molar-refractivity contribution in [1.82, 2.24) is 9.78 Å². The molecule has 0 aliphatic rings. The number of nitrogens with zero attached hydrogens (tertiary/aromatic N) is 2. The van der Waals surface area contributed by atoms with E-state index >= 15 is 0 Å². The van der Waals surface area contributed by atoms with Gasteiger partial charge in [-0.3, -0.25) is 0 Å². The number of ether oxygens (including phenoxy) is 1. The van der Waals surface area contributed by atoms with Gasteiger partial charge in [-0.2, -0.15) is 9.78 Å². The Bertz CT molecular complexity index is 882. The summed E-state index contributed by atoms with van der Waals surface area (Å²) in [4.78, 5) is 23.8. The van der Waals surface area contributed by atoms with E-state index < -0.39 is 5.97 Å². The maximum atomic E-state index is 12.4. The molecule has 6 nitrogen and oxygen atoms in total. The van der Waals surface area contributed by atoms with Crippen LogP contribution in [0.5, 0.6) is 0 Å². The lowest BCUT2D eigenvalue weighted by atomic mass is 10.1. The maximum Gasteiger partial charge on any atom is 0.347 e. The second-order valence-corrected chi connectivity index (χ2v) is 5.06. The molecule has 0 bridgehead atoms. The van der Waals surface area contributed by atoms with Crippen LogP contribution in [0.1, 0.15) is 15.9 Å². The molecule has 0 radical (unpaired) electrons. The standard InChI is InChI=1S/C17H15N3O3/c1-11-4-3-5-15-14(11)10-18-20(15)17(22)19-13-8-6-12(7-9-13)16(21)23-2/h3-10H,1-2H3,(H,19,22). The van der Waals surface area contributed by atoms with Gasteiger partial charge >= 0.3 is 12.0 Å². The summed E-state index contributed by atoms with van der Waals surface area (Å²) in [5.41, 5.74) is 2.79. The predicted octanol–water partition coefficient (Wildman–Crippen LogP) is 3.21. The summed E-state index contributed by atoms with van der Waals surface area (Å²) in [6, 6.07) is 11.8. The van der Waals surface area contributed by atoms with Crippen molar-refractivity contribution in [2.24, 2.45) is 0 Å². The Hall–Kier alpha value is -3.15. The number of methoxy groups -OCH3 is 1. The fraction of sp³-hybridized carbons (Fsp3) is 0.118. The van der Waals surface area contributed by atoms with Gasteiger partial charge < -0.3 is 10.1 Å². The average Bonchev–Trinajstić information content (AvgIpc) is 3.00. The molecule has 0 aliphatic heterocycles. The first-order valence-electron chi connectivity index (χ1n) is 7.03. The van der Waals surface area contributed by atoms with E-state index in [2.05, 4.69) is 15.2 Å². The van der Waals surface area contributed by atoms with Crippen LogP contribution in [-0.4, -0.2) is 28.9 Å². The van der Waals surface area contributed by atoms with E-state index in [0.717, 1.165) is 16.5 Å². The van der Waals surface area contributed by atoms with Crippen LogP contribution in [0.15, 0.2) is 48.7 Å². The number of hydrogen-bond acceptors (Lipinski definition) is 4. The Kier molecular flexibility index (Phi) is 3.80. The number of carbonyl (C=O) groups excluding carboxylic acids is 2. The molecule has 3 aromatic rings. The zero-order valence-electron chi connectivity index (χ0n) is 12.7. The lowest BCUT2D eigenvalue weighted by Crippen LogP contribution is -2.20. The number of carbonyl (C=O) groups is 2. The molecule has 1 amide bonds. The lowest BCUT2D eigenvalue weighted by Gasteiger charge is -2.07. The molecular weight excluding hydrogens is 294 g/mol.